The fraction of sp³-hybridized carbons (Fsp3) is 0.667. The summed E-state index contributed by atoms with van der Waals surface area (Å²) >= 11 is 0. The van der Waals surface area contributed by atoms with Crippen LogP contribution in [0, 0.1) is 12.8 Å². The zero-order valence-electron chi connectivity index (χ0n) is 17.4. The van der Waals surface area contributed by atoms with Crippen molar-refractivity contribution in [2.24, 2.45) is 10.9 Å². The Morgan fingerprint density at radius 1 is 1.33 bits per heavy atom. The van der Waals surface area contributed by atoms with Gasteiger partial charge >= 0.3 is 0 Å². The Morgan fingerprint density at radius 3 is 2.89 bits per heavy atom. The maximum atomic E-state index is 5.76. The van der Waals surface area contributed by atoms with Crippen molar-refractivity contribution >= 4 is 11.6 Å². The Hall–Kier alpha value is -1.79. The number of nitrogens with one attached hydrogen (secondary N) is 2. The monoisotopic (exact) mass is 376 g/mol. The van der Waals surface area contributed by atoms with Crippen LogP contribution >= 0.6 is 0 Å². The highest BCUT2D eigenvalue weighted by molar-refractivity contribution is 5.79. The molecule has 2 rings (SSSR count). The Balaban J connectivity index is 1.76. The van der Waals surface area contributed by atoms with E-state index >= 15 is 0 Å². The molecule has 6 nitrogen and oxygen atoms in total. The maximum absolute atomic E-state index is 5.76. The molecule has 0 aromatic heterocycles. The standard InChI is InChI=1S/C21H36N4O2/c1-5-22-21(23-10-6-11-26-15-18-9-12-27-16-18)24-14-19-8-7-17(2)13-20(19)25(3)4/h7-8,13,18H,5-6,9-12,14-16H2,1-4H3,(H2,22,23,24). The second-order valence-electron chi connectivity index (χ2n) is 7.31. The average Bonchev–Trinajstić information content (AvgIpc) is 3.16. The van der Waals surface area contributed by atoms with E-state index in [1.165, 1.54) is 16.8 Å². The van der Waals surface area contributed by atoms with Gasteiger partial charge in [0.2, 0.25) is 0 Å². The van der Waals surface area contributed by atoms with Gasteiger partial charge in [0.15, 0.2) is 5.96 Å². The smallest absolute Gasteiger partial charge is 0.191 e. The van der Waals surface area contributed by atoms with Gasteiger partial charge in [0.05, 0.1) is 19.8 Å². The quantitative estimate of drug-likeness (QED) is 0.373. The highest BCUT2D eigenvalue weighted by atomic mass is 16.5. The minimum Gasteiger partial charge on any atom is -0.381 e. The van der Waals surface area contributed by atoms with Crippen LogP contribution in [0.15, 0.2) is 23.2 Å². The van der Waals surface area contributed by atoms with Gasteiger partial charge in [-0.15, -0.1) is 0 Å². The Labute approximate surface area is 164 Å². The normalized spacial score (nSPS) is 17.2. The molecule has 2 N–H and O–H groups in total. The van der Waals surface area contributed by atoms with Crippen LogP contribution in [-0.2, 0) is 16.0 Å². The third kappa shape index (κ3) is 7.77. The molecule has 1 atom stereocenters. The van der Waals surface area contributed by atoms with Gasteiger partial charge < -0.3 is 25.0 Å². The first kappa shape index (κ1) is 21.5. The van der Waals surface area contributed by atoms with Crippen molar-refractivity contribution < 1.29 is 9.47 Å². The van der Waals surface area contributed by atoms with E-state index in [0.29, 0.717) is 12.5 Å². The number of benzene rings is 1. The summed E-state index contributed by atoms with van der Waals surface area (Å²) in [5.41, 5.74) is 3.71. The first-order chi connectivity index (χ1) is 13.1. The first-order valence-corrected chi connectivity index (χ1v) is 10.0. The largest absolute Gasteiger partial charge is 0.381 e. The topological polar surface area (TPSA) is 58.1 Å². The van der Waals surface area contributed by atoms with E-state index in [1.807, 2.05) is 0 Å². The van der Waals surface area contributed by atoms with Gasteiger partial charge in [-0.3, -0.25) is 0 Å². The molecule has 0 bridgehead atoms. The van der Waals surface area contributed by atoms with E-state index in [0.717, 1.165) is 58.3 Å². The van der Waals surface area contributed by atoms with Crippen molar-refractivity contribution in [1.82, 2.24) is 10.6 Å². The van der Waals surface area contributed by atoms with Crippen molar-refractivity contribution in [3.8, 4) is 0 Å². The van der Waals surface area contributed by atoms with Crippen molar-refractivity contribution in [2.45, 2.75) is 33.2 Å². The predicted octanol–water partition coefficient (Wildman–Crippen LogP) is 2.56. The molecule has 1 aliphatic heterocycles. The van der Waals surface area contributed by atoms with Gasteiger partial charge in [-0.25, -0.2) is 4.99 Å². The van der Waals surface area contributed by atoms with Gasteiger partial charge in [0, 0.05) is 52.0 Å². The third-order valence-electron chi connectivity index (χ3n) is 4.61. The molecule has 0 saturated carbocycles. The highest BCUT2D eigenvalue weighted by Crippen LogP contribution is 2.21. The lowest BCUT2D eigenvalue weighted by Crippen LogP contribution is -2.38. The van der Waals surface area contributed by atoms with E-state index in [-0.39, 0.29) is 0 Å². The number of hydrogen-bond donors (Lipinski definition) is 2. The second-order valence-corrected chi connectivity index (χ2v) is 7.31. The molecule has 1 saturated heterocycles. The molecule has 1 aromatic carbocycles. The predicted molar refractivity (Wildman–Crippen MR) is 113 cm³/mol. The number of guanidine groups is 1. The molecule has 6 heteroatoms. The second kappa shape index (κ2) is 11.8. The number of ether oxygens (including phenoxy) is 2. The summed E-state index contributed by atoms with van der Waals surface area (Å²) in [4.78, 5) is 6.89. The summed E-state index contributed by atoms with van der Waals surface area (Å²) in [6.45, 7) is 9.87. The fourth-order valence-corrected chi connectivity index (χ4v) is 3.08. The zero-order valence-corrected chi connectivity index (χ0v) is 17.4. The lowest BCUT2D eigenvalue weighted by Gasteiger charge is -2.18. The molecule has 0 aliphatic carbocycles. The summed E-state index contributed by atoms with van der Waals surface area (Å²) in [6, 6.07) is 6.52. The summed E-state index contributed by atoms with van der Waals surface area (Å²) in [6.07, 6.45) is 2.09. The Bertz CT molecular complexity index is 584. The first-order valence-electron chi connectivity index (χ1n) is 10.0. The molecular weight excluding hydrogens is 340 g/mol. The van der Waals surface area contributed by atoms with E-state index in [9.17, 15) is 0 Å². The molecule has 0 amide bonds. The third-order valence-corrected chi connectivity index (χ3v) is 4.61. The minimum atomic E-state index is 0.581. The lowest BCUT2D eigenvalue weighted by molar-refractivity contribution is 0.0888. The molecule has 0 radical (unpaired) electrons. The summed E-state index contributed by atoms with van der Waals surface area (Å²) in [7, 11) is 4.15. The van der Waals surface area contributed by atoms with Crippen LogP contribution in [0.3, 0.4) is 0 Å². The zero-order chi connectivity index (χ0) is 19.5. The minimum absolute atomic E-state index is 0.581. The van der Waals surface area contributed by atoms with Crippen LogP contribution in [-0.4, -0.2) is 59.6 Å². The lowest BCUT2D eigenvalue weighted by atomic mass is 10.1. The van der Waals surface area contributed by atoms with Crippen molar-refractivity contribution in [3.05, 3.63) is 29.3 Å². The average molecular weight is 377 g/mol. The number of aliphatic imine (C=N–C) groups is 1. The number of aryl methyl sites for hydroxylation is 1. The molecule has 1 fully saturated rings. The molecule has 1 unspecified atom stereocenters. The van der Waals surface area contributed by atoms with Crippen LogP contribution in [0.25, 0.3) is 0 Å². The van der Waals surface area contributed by atoms with Gasteiger partial charge in [0.25, 0.3) is 0 Å². The van der Waals surface area contributed by atoms with Gasteiger partial charge in [-0.1, -0.05) is 12.1 Å². The van der Waals surface area contributed by atoms with Gasteiger partial charge in [-0.05, 0) is 43.9 Å². The molecule has 0 spiro atoms. The molecular formula is C21H36N4O2. The maximum Gasteiger partial charge on any atom is 0.191 e. The number of nitrogens with zero attached hydrogens (tertiary/aromatic N) is 2. The molecule has 152 valence electrons. The van der Waals surface area contributed by atoms with Crippen molar-refractivity contribution in [2.75, 3.05) is 58.5 Å². The van der Waals surface area contributed by atoms with Crippen molar-refractivity contribution in [3.63, 3.8) is 0 Å². The Kier molecular flexibility index (Phi) is 9.42. The number of anilines is 1. The van der Waals surface area contributed by atoms with Crippen molar-refractivity contribution in [1.29, 1.82) is 0 Å². The molecule has 27 heavy (non-hydrogen) atoms. The number of rotatable bonds is 10. The van der Waals surface area contributed by atoms with Gasteiger partial charge in [0.1, 0.15) is 0 Å². The summed E-state index contributed by atoms with van der Waals surface area (Å²) < 4.78 is 11.1. The summed E-state index contributed by atoms with van der Waals surface area (Å²) in [5.74, 6) is 1.43. The van der Waals surface area contributed by atoms with E-state index in [2.05, 4.69) is 61.7 Å². The molecule has 1 heterocycles. The molecule has 1 aromatic rings. The molecule has 1 aliphatic rings. The summed E-state index contributed by atoms with van der Waals surface area (Å²) in [5, 5.41) is 6.72. The number of hydrogen-bond acceptors (Lipinski definition) is 4. The van der Waals surface area contributed by atoms with Gasteiger partial charge in [-0.2, -0.15) is 0 Å². The van der Waals surface area contributed by atoms with E-state index < -0.39 is 0 Å². The highest BCUT2D eigenvalue weighted by Gasteiger charge is 2.15. The van der Waals surface area contributed by atoms with Crippen LogP contribution in [0.5, 0.6) is 0 Å². The SMILES string of the molecule is CCNC(=NCc1ccc(C)cc1N(C)C)NCCCOCC1CCOC1. The van der Waals surface area contributed by atoms with E-state index in [1.54, 1.807) is 0 Å². The van der Waals surface area contributed by atoms with Crippen LogP contribution in [0.4, 0.5) is 5.69 Å². The van der Waals surface area contributed by atoms with E-state index in [4.69, 9.17) is 14.5 Å². The Morgan fingerprint density at radius 2 is 2.19 bits per heavy atom. The van der Waals surface area contributed by atoms with Crippen LogP contribution in [0.2, 0.25) is 0 Å². The van der Waals surface area contributed by atoms with Crippen LogP contribution < -0.4 is 15.5 Å². The van der Waals surface area contributed by atoms with Crippen LogP contribution in [0.1, 0.15) is 30.9 Å². The fourth-order valence-electron chi connectivity index (χ4n) is 3.08.